The van der Waals surface area contributed by atoms with Crippen LogP contribution in [0.3, 0.4) is 0 Å². The van der Waals surface area contributed by atoms with Crippen molar-refractivity contribution in [1.82, 2.24) is 10.1 Å². The molecule has 28 heavy (non-hydrogen) atoms. The highest BCUT2D eigenvalue weighted by atomic mass is 16.7. The average molecular weight is 388 g/mol. The van der Waals surface area contributed by atoms with Crippen LogP contribution in [-0.2, 0) is 32.5 Å². The number of aliphatic carboxylic acids is 2. The Kier molecular flexibility index (Phi) is 9.09. The molecule has 2 aromatic carbocycles. The minimum absolute atomic E-state index is 0.168. The highest BCUT2D eigenvalue weighted by Crippen LogP contribution is 2.06. The fourth-order valence-electron chi connectivity index (χ4n) is 2.38. The maximum atomic E-state index is 11.1. The third-order valence-corrected chi connectivity index (χ3v) is 3.74. The van der Waals surface area contributed by atoms with Crippen molar-refractivity contribution < 1.29 is 29.5 Å². The predicted molar refractivity (Wildman–Crippen MR) is 101 cm³/mol. The number of carboxylic acid groups (broad SMARTS) is 2. The fourth-order valence-corrected chi connectivity index (χ4v) is 2.38. The van der Waals surface area contributed by atoms with Gasteiger partial charge in [-0.25, -0.2) is 0 Å². The van der Waals surface area contributed by atoms with Crippen LogP contribution in [-0.4, -0.2) is 58.5 Å². The first-order chi connectivity index (χ1) is 13.5. The molecule has 0 atom stereocenters. The Morgan fingerprint density at radius 3 is 1.36 bits per heavy atom. The predicted octanol–water partition coefficient (Wildman–Crippen LogP) is 2.02. The van der Waals surface area contributed by atoms with Gasteiger partial charge in [0.1, 0.15) is 13.1 Å². The fraction of sp³-hybridized carbons (Fsp3) is 0.300. The van der Waals surface area contributed by atoms with E-state index in [4.69, 9.17) is 19.9 Å². The number of hydrogen-bond acceptors (Lipinski definition) is 6. The molecule has 0 bridgehead atoms. The molecule has 0 aromatic heterocycles. The normalized spacial score (nSPS) is 11.1. The first kappa shape index (κ1) is 21.5. The van der Waals surface area contributed by atoms with Crippen molar-refractivity contribution in [2.45, 2.75) is 13.2 Å². The molecule has 0 aliphatic rings. The zero-order chi connectivity index (χ0) is 20.2. The van der Waals surface area contributed by atoms with E-state index in [-0.39, 0.29) is 39.4 Å². The SMILES string of the molecule is O=C(O)CN(CCN(CC(=O)O)OCc1ccccc1)OCc1ccccc1. The van der Waals surface area contributed by atoms with Crippen LogP contribution in [0.1, 0.15) is 11.1 Å². The van der Waals surface area contributed by atoms with Crippen molar-refractivity contribution >= 4 is 11.9 Å². The number of nitrogens with zero attached hydrogens (tertiary/aromatic N) is 2. The summed E-state index contributed by atoms with van der Waals surface area (Å²) in [4.78, 5) is 33.3. The van der Waals surface area contributed by atoms with Gasteiger partial charge in [-0.05, 0) is 11.1 Å². The van der Waals surface area contributed by atoms with Crippen LogP contribution in [0.25, 0.3) is 0 Å². The monoisotopic (exact) mass is 388 g/mol. The van der Waals surface area contributed by atoms with E-state index < -0.39 is 11.9 Å². The van der Waals surface area contributed by atoms with Crippen LogP contribution in [0, 0.1) is 0 Å². The van der Waals surface area contributed by atoms with E-state index >= 15 is 0 Å². The Morgan fingerprint density at radius 2 is 1.04 bits per heavy atom. The Bertz CT molecular complexity index is 662. The highest BCUT2D eigenvalue weighted by Gasteiger charge is 2.16. The molecule has 0 heterocycles. The Balaban J connectivity index is 1.89. The molecule has 150 valence electrons. The van der Waals surface area contributed by atoms with Gasteiger partial charge in [-0.1, -0.05) is 60.7 Å². The average Bonchev–Trinajstić information content (AvgIpc) is 2.68. The molecular formula is C20H24N2O6. The van der Waals surface area contributed by atoms with Gasteiger partial charge in [0, 0.05) is 13.1 Å². The van der Waals surface area contributed by atoms with Crippen LogP contribution < -0.4 is 0 Å². The summed E-state index contributed by atoms with van der Waals surface area (Å²) in [7, 11) is 0. The van der Waals surface area contributed by atoms with Crippen molar-refractivity contribution in [3.8, 4) is 0 Å². The number of carbonyl (C=O) groups is 2. The molecule has 0 radical (unpaired) electrons. The molecule has 2 aromatic rings. The summed E-state index contributed by atoms with van der Waals surface area (Å²) in [5.74, 6) is -2.08. The third-order valence-electron chi connectivity index (χ3n) is 3.74. The Morgan fingerprint density at radius 1 is 0.679 bits per heavy atom. The van der Waals surface area contributed by atoms with E-state index in [2.05, 4.69) is 0 Å². The summed E-state index contributed by atoms with van der Waals surface area (Å²) in [5.41, 5.74) is 1.81. The van der Waals surface area contributed by atoms with Crippen LogP contribution >= 0.6 is 0 Å². The zero-order valence-corrected chi connectivity index (χ0v) is 15.4. The lowest BCUT2D eigenvalue weighted by molar-refractivity contribution is -0.212. The number of carboxylic acids is 2. The number of benzene rings is 2. The summed E-state index contributed by atoms with van der Waals surface area (Å²) in [6, 6.07) is 18.7. The van der Waals surface area contributed by atoms with Crippen molar-refractivity contribution in [1.29, 1.82) is 0 Å². The third kappa shape index (κ3) is 8.74. The van der Waals surface area contributed by atoms with Gasteiger partial charge in [0.25, 0.3) is 0 Å². The van der Waals surface area contributed by atoms with Gasteiger partial charge in [-0.2, -0.15) is 10.1 Å². The first-order valence-electron chi connectivity index (χ1n) is 8.80. The standard InChI is InChI=1S/C20H24N2O6/c23-19(24)13-21(27-15-17-7-3-1-4-8-17)11-12-22(14-20(25)26)28-16-18-9-5-2-6-10-18/h1-10H,11-16H2,(H,23,24)(H,25,26). The quantitative estimate of drug-likeness (QED) is 0.503. The molecule has 0 spiro atoms. The largest absolute Gasteiger partial charge is 0.480 e. The lowest BCUT2D eigenvalue weighted by Gasteiger charge is -2.25. The molecule has 8 heteroatoms. The second-order valence-corrected chi connectivity index (χ2v) is 6.03. The van der Waals surface area contributed by atoms with E-state index in [0.717, 1.165) is 11.1 Å². The molecule has 0 aliphatic carbocycles. The number of rotatable bonds is 13. The van der Waals surface area contributed by atoms with E-state index in [0.29, 0.717) is 0 Å². The van der Waals surface area contributed by atoms with E-state index in [9.17, 15) is 9.59 Å². The van der Waals surface area contributed by atoms with Gasteiger partial charge in [0.15, 0.2) is 0 Å². The van der Waals surface area contributed by atoms with E-state index in [1.54, 1.807) is 0 Å². The maximum Gasteiger partial charge on any atom is 0.320 e. The van der Waals surface area contributed by atoms with Crippen molar-refractivity contribution in [3.05, 3.63) is 71.8 Å². The zero-order valence-electron chi connectivity index (χ0n) is 15.4. The summed E-state index contributed by atoms with van der Waals surface area (Å²) in [6.45, 7) is 0.122. The molecule has 2 rings (SSSR count). The molecular weight excluding hydrogens is 364 g/mol. The van der Waals surface area contributed by atoms with Gasteiger partial charge in [0.05, 0.1) is 13.2 Å². The molecule has 2 N–H and O–H groups in total. The van der Waals surface area contributed by atoms with Crippen LogP contribution in [0.5, 0.6) is 0 Å². The van der Waals surface area contributed by atoms with Gasteiger partial charge >= 0.3 is 11.9 Å². The lowest BCUT2D eigenvalue weighted by atomic mass is 10.2. The van der Waals surface area contributed by atoms with Gasteiger partial charge < -0.3 is 10.2 Å². The van der Waals surface area contributed by atoms with Crippen LogP contribution in [0.15, 0.2) is 60.7 Å². The second kappa shape index (κ2) is 11.8. The van der Waals surface area contributed by atoms with Gasteiger partial charge in [0.2, 0.25) is 0 Å². The lowest BCUT2D eigenvalue weighted by Crippen LogP contribution is -2.39. The van der Waals surface area contributed by atoms with Gasteiger partial charge in [-0.15, -0.1) is 0 Å². The topological polar surface area (TPSA) is 99.5 Å². The smallest absolute Gasteiger partial charge is 0.320 e. The van der Waals surface area contributed by atoms with Crippen LogP contribution in [0.4, 0.5) is 0 Å². The first-order valence-corrected chi connectivity index (χ1v) is 8.80. The van der Waals surface area contributed by atoms with E-state index in [1.165, 1.54) is 10.1 Å². The molecule has 0 fully saturated rings. The van der Waals surface area contributed by atoms with Gasteiger partial charge in [-0.3, -0.25) is 19.3 Å². The van der Waals surface area contributed by atoms with E-state index in [1.807, 2.05) is 60.7 Å². The minimum atomic E-state index is -1.04. The summed E-state index contributed by atoms with van der Waals surface area (Å²) >= 11 is 0. The number of hydrogen-bond donors (Lipinski definition) is 2. The summed E-state index contributed by atoms with van der Waals surface area (Å²) in [6.07, 6.45) is 0. The summed E-state index contributed by atoms with van der Waals surface area (Å²) < 4.78 is 0. The Labute approximate surface area is 163 Å². The highest BCUT2D eigenvalue weighted by molar-refractivity contribution is 5.69. The molecule has 0 unspecified atom stereocenters. The molecule has 0 aliphatic heterocycles. The van der Waals surface area contributed by atoms with Crippen LogP contribution in [0.2, 0.25) is 0 Å². The van der Waals surface area contributed by atoms with Crippen molar-refractivity contribution in [3.63, 3.8) is 0 Å². The maximum absolute atomic E-state index is 11.1. The van der Waals surface area contributed by atoms with Crippen molar-refractivity contribution in [2.75, 3.05) is 26.2 Å². The molecule has 0 saturated carbocycles. The molecule has 8 nitrogen and oxygen atoms in total. The van der Waals surface area contributed by atoms with Crippen molar-refractivity contribution in [2.24, 2.45) is 0 Å². The second-order valence-electron chi connectivity index (χ2n) is 6.03. The number of hydroxylamine groups is 4. The molecule has 0 saturated heterocycles. The summed E-state index contributed by atoms with van der Waals surface area (Å²) in [5, 5.41) is 20.7. The Hall–Kier alpha value is -2.78. The minimum Gasteiger partial charge on any atom is -0.480 e. The molecule has 0 amide bonds.